The van der Waals surface area contributed by atoms with Crippen molar-refractivity contribution >= 4 is 44.4 Å². The molecule has 0 aliphatic carbocycles. The van der Waals surface area contributed by atoms with Crippen LogP contribution in [0.25, 0.3) is 16.3 Å². The van der Waals surface area contributed by atoms with Crippen molar-refractivity contribution in [2.75, 3.05) is 32.1 Å². The number of nitro benzene ring substituents is 1. The van der Waals surface area contributed by atoms with Crippen LogP contribution in [0.1, 0.15) is 23.1 Å². The van der Waals surface area contributed by atoms with Gasteiger partial charge in [0.05, 0.1) is 15.1 Å². The molecule has 3 rings (SSSR count). The average molecular weight is 439 g/mol. The maximum atomic E-state index is 13.1. The first-order valence-corrected chi connectivity index (χ1v) is 10.8. The number of rotatable bonds is 8. The highest BCUT2D eigenvalue weighted by Gasteiger charge is 2.19. The third-order valence-corrected chi connectivity index (χ3v) is 6.10. The summed E-state index contributed by atoms with van der Waals surface area (Å²) in [5.74, 6) is -0.196. The maximum Gasteiger partial charge on any atom is 0.270 e. The molecule has 1 heterocycles. The summed E-state index contributed by atoms with van der Waals surface area (Å²) in [5, 5.41) is 11.7. The predicted octanol–water partition coefficient (Wildman–Crippen LogP) is 4.82. The number of amides is 1. The fourth-order valence-corrected chi connectivity index (χ4v) is 4.23. The van der Waals surface area contributed by atoms with Crippen LogP contribution < -0.4 is 4.90 Å². The SMILES string of the molecule is Cc1ccc2sc(N(CCCN(C)C)C(=O)/C=C/c3cccc([N+](=O)[O-])c3)nc2c1C. The van der Waals surface area contributed by atoms with Crippen LogP contribution in [0.4, 0.5) is 10.8 Å². The second-order valence-electron chi connectivity index (χ2n) is 7.68. The van der Waals surface area contributed by atoms with Crippen LogP contribution in [-0.4, -0.2) is 47.9 Å². The van der Waals surface area contributed by atoms with Crippen LogP contribution in [0, 0.1) is 24.0 Å². The molecule has 0 fully saturated rings. The van der Waals surface area contributed by atoms with Crippen LogP contribution >= 0.6 is 11.3 Å². The van der Waals surface area contributed by atoms with Gasteiger partial charge in [-0.1, -0.05) is 29.5 Å². The fourth-order valence-electron chi connectivity index (χ4n) is 3.17. The monoisotopic (exact) mass is 438 g/mol. The van der Waals surface area contributed by atoms with Crippen LogP contribution in [0.3, 0.4) is 0 Å². The van der Waals surface area contributed by atoms with E-state index in [0.29, 0.717) is 17.2 Å². The van der Waals surface area contributed by atoms with Gasteiger partial charge in [0.25, 0.3) is 11.6 Å². The summed E-state index contributed by atoms with van der Waals surface area (Å²) in [6, 6.07) is 10.3. The summed E-state index contributed by atoms with van der Waals surface area (Å²) >= 11 is 1.50. The minimum atomic E-state index is -0.446. The Morgan fingerprint density at radius 2 is 1.97 bits per heavy atom. The molecule has 1 aromatic heterocycles. The van der Waals surface area contributed by atoms with Gasteiger partial charge >= 0.3 is 0 Å². The highest BCUT2D eigenvalue weighted by Crippen LogP contribution is 2.32. The minimum absolute atomic E-state index is 0.00513. The van der Waals surface area contributed by atoms with Gasteiger partial charge in [-0.3, -0.25) is 19.8 Å². The number of thiazole rings is 1. The van der Waals surface area contributed by atoms with E-state index in [1.54, 1.807) is 23.1 Å². The average Bonchev–Trinajstić information content (AvgIpc) is 3.17. The standard InChI is InChI=1S/C23H26N4O3S/c1-16-9-11-20-22(17(16)2)24-23(31-20)26(14-6-13-25(3)4)21(28)12-10-18-7-5-8-19(15-18)27(29)30/h5,7-12,15H,6,13-14H2,1-4H3/b12-10+. The largest absolute Gasteiger partial charge is 0.309 e. The first-order chi connectivity index (χ1) is 14.8. The van der Waals surface area contributed by atoms with E-state index in [0.717, 1.165) is 28.7 Å². The summed E-state index contributed by atoms with van der Waals surface area (Å²) in [6.07, 6.45) is 3.87. The van der Waals surface area contributed by atoms with Crippen molar-refractivity contribution in [2.45, 2.75) is 20.3 Å². The highest BCUT2D eigenvalue weighted by molar-refractivity contribution is 7.22. The Labute approximate surface area is 185 Å². The molecule has 7 nitrogen and oxygen atoms in total. The number of non-ortho nitro benzene ring substituents is 1. The van der Waals surface area contributed by atoms with Gasteiger partial charge in [-0.05, 0) is 69.7 Å². The Bertz CT molecular complexity index is 1140. The number of hydrogen-bond acceptors (Lipinski definition) is 6. The maximum absolute atomic E-state index is 13.1. The zero-order valence-corrected chi connectivity index (χ0v) is 19.0. The lowest BCUT2D eigenvalue weighted by Crippen LogP contribution is -2.32. The van der Waals surface area contributed by atoms with Crippen molar-refractivity contribution in [2.24, 2.45) is 0 Å². The van der Waals surface area contributed by atoms with Crippen molar-refractivity contribution in [3.63, 3.8) is 0 Å². The smallest absolute Gasteiger partial charge is 0.270 e. The molecule has 0 spiro atoms. The number of nitro groups is 1. The van der Waals surface area contributed by atoms with Gasteiger partial charge in [0.15, 0.2) is 5.13 Å². The third kappa shape index (κ3) is 5.53. The summed E-state index contributed by atoms with van der Waals surface area (Å²) in [6.45, 7) is 5.48. The number of anilines is 1. The molecule has 3 aromatic rings. The molecule has 2 aromatic carbocycles. The van der Waals surface area contributed by atoms with E-state index in [2.05, 4.69) is 17.9 Å². The Balaban J connectivity index is 1.89. The van der Waals surface area contributed by atoms with Gasteiger partial charge in [-0.25, -0.2) is 4.98 Å². The number of carbonyl (C=O) groups excluding carboxylic acids is 1. The fraction of sp³-hybridized carbons (Fsp3) is 0.304. The normalized spacial score (nSPS) is 11.5. The molecule has 8 heteroatoms. The molecule has 0 N–H and O–H groups in total. The second-order valence-corrected chi connectivity index (χ2v) is 8.69. The van der Waals surface area contributed by atoms with Crippen LogP contribution in [-0.2, 0) is 4.79 Å². The Kier molecular flexibility index (Phi) is 7.14. The molecule has 0 bridgehead atoms. The van der Waals surface area contributed by atoms with E-state index in [9.17, 15) is 14.9 Å². The highest BCUT2D eigenvalue weighted by atomic mass is 32.1. The van der Waals surface area contributed by atoms with Crippen molar-refractivity contribution in [1.29, 1.82) is 0 Å². The number of hydrogen-bond donors (Lipinski definition) is 0. The van der Waals surface area contributed by atoms with Gasteiger partial charge < -0.3 is 4.90 Å². The Hall–Kier alpha value is -3.10. The van der Waals surface area contributed by atoms with E-state index >= 15 is 0 Å². The molecule has 0 radical (unpaired) electrons. The molecule has 31 heavy (non-hydrogen) atoms. The number of benzene rings is 2. The number of aryl methyl sites for hydroxylation is 2. The lowest BCUT2D eigenvalue weighted by atomic mass is 10.1. The Morgan fingerprint density at radius 1 is 1.19 bits per heavy atom. The number of carbonyl (C=O) groups is 1. The molecule has 0 aliphatic rings. The zero-order chi connectivity index (χ0) is 22.5. The summed E-state index contributed by atoms with van der Waals surface area (Å²) in [7, 11) is 4.00. The van der Waals surface area contributed by atoms with Crippen LogP contribution in [0.2, 0.25) is 0 Å². The van der Waals surface area contributed by atoms with Crippen molar-refractivity contribution in [3.05, 3.63) is 69.3 Å². The molecular weight excluding hydrogens is 412 g/mol. The lowest BCUT2D eigenvalue weighted by molar-refractivity contribution is -0.384. The van der Waals surface area contributed by atoms with Crippen LogP contribution in [0.15, 0.2) is 42.5 Å². The quantitative estimate of drug-likeness (QED) is 0.286. The molecule has 0 saturated heterocycles. The summed E-state index contributed by atoms with van der Waals surface area (Å²) in [5.41, 5.74) is 3.81. The summed E-state index contributed by atoms with van der Waals surface area (Å²) < 4.78 is 1.05. The number of fused-ring (bicyclic) bond motifs is 1. The van der Waals surface area contributed by atoms with E-state index in [-0.39, 0.29) is 11.6 Å². The molecule has 0 unspecified atom stereocenters. The van der Waals surface area contributed by atoms with Crippen molar-refractivity contribution in [1.82, 2.24) is 9.88 Å². The van der Waals surface area contributed by atoms with E-state index in [4.69, 9.17) is 4.98 Å². The van der Waals surface area contributed by atoms with Gasteiger partial charge in [-0.2, -0.15) is 0 Å². The molecule has 0 aliphatic heterocycles. The van der Waals surface area contributed by atoms with Crippen LogP contribution in [0.5, 0.6) is 0 Å². The van der Waals surface area contributed by atoms with Crippen molar-refractivity contribution in [3.8, 4) is 0 Å². The summed E-state index contributed by atoms with van der Waals surface area (Å²) in [4.78, 5) is 32.2. The number of nitrogens with zero attached hydrogens (tertiary/aromatic N) is 4. The predicted molar refractivity (Wildman–Crippen MR) is 127 cm³/mol. The zero-order valence-electron chi connectivity index (χ0n) is 18.2. The minimum Gasteiger partial charge on any atom is -0.309 e. The van der Waals surface area contributed by atoms with Crippen molar-refractivity contribution < 1.29 is 9.72 Å². The third-order valence-electron chi connectivity index (χ3n) is 5.06. The van der Waals surface area contributed by atoms with E-state index in [1.165, 1.54) is 35.1 Å². The van der Waals surface area contributed by atoms with Gasteiger partial charge in [0.2, 0.25) is 0 Å². The molecular formula is C23H26N4O3S. The molecule has 0 atom stereocenters. The van der Waals surface area contributed by atoms with Gasteiger partial charge in [0.1, 0.15) is 0 Å². The van der Waals surface area contributed by atoms with Gasteiger partial charge in [-0.15, -0.1) is 0 Å². The first kappa shape index (κ1) is 22.6. The molecule has 162 valence electrons. The first-order valence-electron chi connectivity index (χ1n) is 10.0. The number of aromatic nitrogens is 1. The lowest BCUT2D eigenvalue weighted by Gasteiger charge is -2.19. The Morgan fingerprint density at radius 3 is 2.68 bits per heavy atom. The molecule has 1 amide bonds. The second kappa shape index (κ2) is 9.80. The topological polar surface area (TPSA) is 79.6 Å². The van der Waals surface area contributed by atoms with E-state index < -0.39 is 4.92 Å². The molecule has 0 saturated carbocycles. The van der Waals surface area contributed by atoms with Gasteiger partial charge in [0, 0.05) is 24.8 Å². The van der Waals surface area contributed by atoms with E-state index in [1.807, 2.05) is 27.1 Å².